The van der Waals surface area contributed by atoms with Crippen molar-refractivity contribution in [1.82, 2.24) is 0 Å². The van der Waals surface area contributed by atoms with E-state index in [1.165, 1.54) is 0 Å². The number of carbonyl (C=O) groups is 1. The van der Waals surface area contributed by atoms with Crippen molar-refractivity contribution in [2.24, 2.45) is 0 Å². The van der Waals surface area contributed by atoms with Crippen LogP contribution in [0.5, 0.6) is 0 Å². The molecule has 0 bridgehead atoms. The van der Waals surface area contributed by atoms with Crippen LogP contribution < -0.4 is 0 Å². The van der Waals surface area contributed by atoms with Crippen molar-refractivity contribution in [2.75, 3.05) is 0 Å². The zero-order valence-electron chi connectivity index (χ0n) is 6.22. The van der Waals surface area contributed by atoms with Crippen LogP contribution in [0.3, 0.4) is 0 Å². The molecule has 0 amide bonds. The van der Waals surface area contributed by atoms with Crippen LogP contribution in [0.1, 0.15) is 32.6 Å². The van der Waals surface area contributed by atoms with E-state index in [-0.39, 0.29) is 11.7 Å². The summed E-state index contributed by atoms with van der Waals surface area (Å²) in [7, 11) is 0. The third-order valence-corrected chi connectivity index (χ3v) is 2.62. The van der Waals surface area contributed by atoms with Gasteiger partial charge in [0.15, 0.2) is 5.78 Å². The van der Waals surface area contributed by atoms with E-state index in [0.717, 1.165) is 25.7 Å². The number of ether oxygens (including phenoxy) is 1. The van der Waals surface area contributed by atoms with E-state index in [2.05, 4.69) is 0 Å². The van der Waals surface area contributed by atoms with Gasteiger partial charge in [-0.05, 0) is 19.8 Å². The molecular weight excluding hydrogens is 128 g/mol. The Bertz CT molecular complexity index is 176. The summed E-state index contributed by atoms with van der Waals surface area (Å²) in [5, 5.41) is 0. The van der Waals surface area contributed by atoms with Crippen molar-refractivity contribution < 1.29 is 9.53 Å². The second-order valence-electron chi connectivity index (χ2n) is 3.38. The fourth-order valence-electron chi connectivity index (χ4n) is 1.70. The summed E-state index contributed by atoms with van der Waals surface area (Å²) in [5.41, 5.74) is -0.351. The Morgan fingerprint density at radius 2 is 2.40 bits per heavy atom. The second-order valence-corrected chi connectivity index (χ2v) is 3.38. The van der Waals surface area contributed by atoms with Gasteiger partial charge in [0.1, 0.15) is 5.60 Å². The lowest BCUT2D eigenvalue weighted by molar-refractivity contribution is -0.123. The van der Waals surface area contributed by atoms with Crippen LogP contribution >= 0.6 is 0 Å². The van der Waals surface area contributed by atoms with Crippen LogP contribution in [0.2, 0.25) is 0 Å². The third-order valence-electron chi connectivity index (χ3n) is 2.62. The zero-order chi connectivity index (χ0) is 7.19. The summed E-state index contributed by atoms with van der Waals surface area (Å²) in [6, 6.07) is 0. The Balaban J connectivity index is 2.15. The van der Waals surface area contributed by atoms with Crippen LogP contribution in [0.4, 0.5) is 0 Å². The van der Waals surface area contributed by atoms with E-state index < -0.39 is 0 Å². The standard InChI is InChI=1S/C8H12O2/c1-8-6(9)4-2-3-5-7(8)10-8/h7H,2-5H2,1H3. The minimum Gasteiger partial charge on any atom is -0.358 e. The lowest BCUT2D eigenvalue weighted by Crippen LogP contribution is -2.21. The number of Topliss-reactive ketones (excluding diaryl/α,β-unsaturated/α-hetero) is 1. The van der Waals surface area contributed by atoms with Gasteiger partial charge in [-0.2, -0.15) is 0 Å². The Hall–Kier alpha value is -0.370. The highest BCUT2D eigenvalue weighted by atomic mass is 16.6. The number of carbonyl (C=O) groups excluding carboxylic acids is 1. The van der Waals surface area contributed by atoms with Gasteiger partial charge < -0.3 is 4.74 Å². The molecule has 1 saturated heterocycles. The first kappa shape index (κ1) is 6.35. The molecule has 2 unspecified atom stereocenters. The maximum Gasteiger partial charge on any atom is 0.167 e. The van der Waals surface area contributed by atoms with E-state index in [9.17, 15) is 4.79 Å². The van der Waals surface area contributed by atoms with Crippen molar-refractivity contribution in [1.29, 1.82) is 0 Å². The Labute approximate surface area is 60.6 Å². The van der Waals surface area contributed by atoms with E-state index in [1.54, 1.807) is 0 Å². The van der Waals surface area contributed by atoms with Crippen LogP contribution in [0.25, 0.3) is 0 Å². The van der Waals surface area contributed by atoms with Crippen molar-refractivity contribution in [3.05, 3.63) is 0 Å². The first-order valence-electron chi connectivity index (χ1n) is 3.94. The molecule has 2 rings (SSSR count). The Kier molecular flexibility index (Phi) is 1.15. The van der Waals surface area contributed by atoms with E-state index in [4.69, 9.17) is 4.74 Å². The highest BCUT2D eigenvalue weighted by Crippen LogP contribution is 2.43. The first-order chi connectivity index (χ1) is 4.73. The molecule has 2 heteroatoms. The summed E-state index contributed by atoms with van der Waals surface area (Å²) >= 11 is 0. The van der Waals surface area contributed by atoms with Gasteiger partial charge in [0.25, 0.3) is 0 Å². The van der Waals surface area contributed by atoms with Crippen molar-refractivity contribution in [2.45, 2.75) is 44.3 Å². The van der Waals surface area contributed by atoms with E-state index in [1.807, 2.05) is 6.92 Å². The summed E-state index contributed by atoms with van der Waals surface area (Å²) in [6.07, 6.45) is 4.30. The molecule has 2 aliphatic rings. The number of hydrogen-bond acceptors (Lipinski definition) is 2. The quantitative estimate of drug-likeness (QED) is 0.474. The molecule has 10 heavy (non-hydrogen) atoms. The monoisotopic (exact) mass is 140 g/mol. The van der Waals surface area contributed by atoms with Gasteiger partial charge >= 0.3 is 0 Å². The lowest BCUT2D eigenvalue weighted by Gasteiger charge is -1.99. The number of ketones is 1. The predicted molar refractivity (Wildman–Crippen MR) is 36.8 cm³/mol. The second kappa shape index (κ2) is 1.82. The topological polar surface area (TPSA) is 29.6 Å². The van der Waals surface area contributed by atoms with Gasteiger partial charge in [0, 0.05) is 6.42 Å². The number of fused-ring (bicyclic) bond motifs is 1. The molecule has 2 nitrogen and oxygen atoms in total. The van der Waals surface area contributed by atoms with Gasteiger partial charge in [-0.3, -0.25) is 4.79 Å². The number of epoxide rings is 1. The zero-order valence-corrected chi connectivity index (χ0v) is 6.22. The lowest BCUT2D eigenvalue weighted by atomic mass is 10.0. The van der Waals surface area contributed by atoms with Gasteiger partial charge in [-0.25, -0.2) is 0 Å². The summed E-state index contributed by atoms with van der Waals surface area (Å²) in [6.45, 7) is 1.92. The van der Waals surface area contributed by atoms with Crippen molar-refractivity contribution in [3.63, 3.8) is 0 Å². The minimum atomic E-state index is -0.351. The van der Waals surface area contributed by atoms with Gasteiger partial charge in [0.2, 0.25) is 0 Å². The average Bonchev–Trinajstić information content (AvgIpc) is 2.55. The minimum absolute atomic E-state index is 0.266. The van der Waals surface area contributed by atoms with Gasteiger partial charge in [-0.1, -0.05) is 6.42 Å². The predicted octanol–water partition coefficient (Wildman–Crippen LogP) is 1.29. The molecule has 1 saturated carbocycles. The molecule has 56 valence electrons. The SMILES string of the molecule is CC12OC1CCCCC2=O. The fraction of sp³-hybridized carbons (Fsp3) is 0.875. The molecule has 2 fully saturated rings. The van der Waals surface area contributed by atoms with Crippen LogP contribution in [-0.2, 0) is 9.53 Å². The van der Waals surface area contributed by atoms with Crippen LogP contribution in [0, 0.1) is 0 Å². The molecule has 1 aliphatic carbocycles. The van der Waals surface area contributed by atoms with Crippen LogP contribution in [-0.4, -0.2) is 17.5 Å². The smallest absolute Gasteiger partial charge is 0.167 e. The van der Waals surface area contributed by atoms with Crippen molar-refractivity contribution >= 4 is 5.78 Å². The number of hydrogen-bond donors (Lipinski definition) is 0. The average molecular weight is 140 g/mol. The molecule has 1 heterocycles. The van der Waals surface area contributed by atoms with Gasteiger partial charge in [0.05, 0.1) is 6.10 Å². The molecule has 0 aromatic carbocycles. The highest BCUT2D eigenvalue weighted by Gasteiger charge is 2.57. The van der Waals surface area contributed by atoms with Gasteiger partial charge in [-0.15, -0.1) is 0 Å². The molecule has 0 aromatic heterocycles. The molecule has 0 spiro atoms. The summed E-state index contributed by atoms with van der Waals surface area (Å²) in [4.78, 5) is 11.3. The van der Waals surface area contributed by atoms with E-state index >= 15 is 0 Å². The normalized spacial score (nSPS) is 46.1. The maximum absolute atomic E-state index is 11.3. The largest absolute Gasteiger partial charge is 0.358 e. The molecule has 0 radical (unpaired) electrons. The first-order valence-corrected chi connectivity index (χ1v) is 3.94. The third kappa shape index (κ3) is 0.717. The molecule has 0 N–H and O–H groups in total. The Morgan fingerprint density at radius 3 is 3.20 bits per heavy atom. The summed E-state index contributed by atoms with van der Waals surface area (Å²) in [5.74, 6) is 0.315. The highest BCUT2D eigenvalue weighted by molar-refractivity contribution is 5.90. The van der Waals surface area contributed by atoms with Crippen LogP contribution in [0.15, 0.2) is 0 Å². The molecule has 2 atom stereocenters. The fourth-order valence-corrected chi connectivity index (χ4v) is 1.70. The maximum atomic E-state index is 11.3. The molecule has 1 aliphatic heterocycles. The van der Waals surface area contributed by atoms with E-state index in [0.29, 0.717) is 5.78 Å². The molecular formula is C8H12O2. The molecule has 0 aromatic rings. The number of rotatable bonds is 0. The summed E-state index contributed by atoms with van der Waals surface area (Å²) < 4.78 is 5.31. The van der Waals surface area contributed by atoms with Crippen molar-refractivity contribution in [3.8, 4) is 0 Å². The Morgan fingerprint density at radius 1 is 1.60 bits per heavy atom.